The molecule has 0 aliphatic heterocycles. The summed E-state index contributed by atoms with van der Waals surface area (Å²) in [6.07, 6.45) is 0. The van der Waals surface area contributed by atoms with E-state index in [4.69, 9.17) is 23.2 Å². The van der Waals surface area contributed by atoms with E-state index in [1.807, 2.05) is 0 Å². The van der Waals surface area contributed by atoms with Crippen LogP contribution in [0.5, 0.6) is 0 Å². The van der Waals surface area contributed by atoms with Crippen LogP contribution in [0.1, 0.15) is 10.5 Å². The van der Waals surface area contributed by atoms with Gasteiger partial charge in [-0.15, -0.1) is 0 Å². The summed E-state index contributed by atoms with van der Waals surface area (Å²) in [4.78, 5) is 14.3. The van der Waals surface area contributed by atoms with Gasteiger partial charge in [0.25, 0.3) is 0 Å². The van der Waals surface area contributed by atoms with Gasteiger partial charge in [0.05, 0.1) is 12.1 Å². The maximum absolute atomic E-state index is 13.0. The van der Waals surface area contributed by atoms with E-state index in [0.29, 0.717) is 0 Å². The first-order valence-electron chi connectivity index (χ1n) is 3.16. The molecule has 0 N–H and O–H groups in total. The van der Waals surface area contributed by atoms with Gasteiger partial charge in [0, 0.05) is 0 Å². The molecular formula is C7H4Cl2FNO2. The number of carbonyl (C=O) groups excluding carboxylic acids is 1. The number of nitrogens with zero attached hydrogens (tertiary/aromatic N) is 1. The molecule has 0 spiro atoms. The second-order valence-electron chi connectivity index (χ2n) is 2.08. The number of halogens is 3. The van der Waals surface area contributed by atoms with E-state index in [1.54, 1.807) is 0 Å². The van der Waals surface area contributed by atoms with Gasteiger partial charge in [-0.2, -0.15) is 0 Å². The highest BCUT2D eigenvalue weighted by atomic mass is 35.5. The third-order valence-electron chi connectivity index (χ3n) is 1.27. The Balaban J connectivity index is 3.23. The highest BCUT2D eigenvalue weighted by Crippen LogP contribution is 2.21. The second kappa shape index (κ2) is 3.89. The topological polar surface area (TPSA) is 39.2 Å². The van der Waals surface area contributed by atoms with Crippen molar-refractivity contribution in [2.45, 2.75) is 0 Å². The van der Waals surface area contributed by atoms with Crippen molar-refractivity contribution in [3.63, 3.8) is 0 Å². The molecule has 1 rings (SSSR count). The molecular weight excluding hydrogens is 220 g/mol. The van der Waals surface area contributed by atoms with Gasteiger partial charge in [-0.3, -0.25) is 0 Å². The number of esters is 1. The van der Waals surface area contributed by atoms with Gasteiger partial charge in [0.2, 0.25) is 0 Å². The molecule has 3 nitrogen and oxygen atoms in total. The molecule has 0 fully saturated rings. The van der Waals surface area contributed by atoms with Gasteiger partial charge < -0.3 is 4.74 Å². The molecule has 0 aliphatic carbocycles. The van der Waals surface area contributed by atoms with Crippen LogP contribution in [0.2, 0.25) is 10.2 Å². The zero-order chi connectivity index (χ0) is 10.0. The smallest absolute Gasteiger partial charge is 0.359 e. The summed E-state index contributed by atoms with van der Waals surface area (Å²) < 4.78 is 17.2. The van der Waals surface area contributed by atoms with Gasteiger partial charge in [-0.25, -0.2) is 14.2 Å². The van der Waals surface area contributed by atoms with Gasteiger partial charge in [0.1, 0.15) is 5.15 Å². The summed E-state index contributed by atoms with van der Waals surface area (Å²) in [7, 11) is 1.12. The first kappa shape index (κ1) is 10.2. The monoisotopic (exact) mass is 223 g/mol. The number of carbonyl (C=O) groups is 1. The molecule has 0 aliphatic rings. The molecule has 0 aromatic carbocycles. The van der Waals surface area contributed by atoms with Crippen molar-refractivity contribution in [3.05, 3.63) is 27.8 Å². The number of aromatic nitrogens is 1. The molecule has 0 saturated carbocycles. The van der Waals surface area contributed by atoms with E-state index in [2.05, 4.69) is 9.72 Å². The molecule has 0 atom stereocenters. The summed E-state index contributed by atoms with van der Waals surface area (Å²) in [6, 6.07) is 0.906. The fourth-order valence-electron chi connectivity index (χ4n) is 0.684. The molecule has 0 saturated heterocycles. The fraction of sp³-hybridized carbons (Fsp3) is 0.143. The molecule has 0 amide bonds. The van der Waals surface area contributed by atoms with Crippen molar-refractivity contribution in [2.75, 3.05) is 7.11 Å². The lowest BCUT2D eigenvalue weighted by Crippen LogP contribution is -2.07. The van der Waals surface area contributed by atoms with Gasteiger partial charge in [-0.1, -0.05) is 23.2 Å². The maximum Gasteiger partial charge on any atom is 0.359 e. The minimum atomic E-state index is -0.893. The van der Waals surface area contributed by atoms with Gasteiger partial charge >= 0.3 is 5.97 Å². The summed E-state index contributed by atoms with van der Waals surface area (Å²) in [5.74, 6) is -1.75. The van der Waals surface area contributed by atoms with E-state index >= 15 is 0 Å². The predicted octanol–water partition coefficient (Wildman–Crippen LogP) is 2.31. The standard InChI is InChI=1S/C7H4Cl2FNO2/c1-13-7(12)5-4(10)2-3(8)6(9)11-5/h2H,1H3. The van der Waals surface area contributed by atoms with Gasteiger partial charge in [-0.05, 0) is 6.07 Å². The Morgan fingerprint density at radius 1 is 1.62 bits per heavy atom. The van der Waals surface area contributed by atoms with Crippen molar-refractivity contribution in [1.82, 2.24) is 4.98 Å². The lowest BCUT2D eigenvalue weighted by atomic mass is 10.3. The van der Waals surface area contributed by atoms with E-state index in [1.165, 1.54) is 0 Å². The number of hydrogen-bond acceptors (Lipinski definition) is 3. The zero-order valence-corrected chi connectivity index (χ0v) is 7.99. The number of pyridine rings is 1. The fourth-order valence-corrected chi connectivity index (χ4v) is 0.961. The molecule has 0 radical (unpaired) electrons. The SMILES string of the molecule is COC(=O)c1nc(Cl)c(Cl)cc1F. The average Bonchev–Trinajstić information content (AvgIpc) is 2.10. The van der Waals surface area contributed by atoms with Crippen molar-refractivity contribution >= 4 is 29.2 Å². The van der Waals surface area contributed by atoms with Crippen molar-refractivity contribution < 1.29 is 13.9 Å². The highest BCUT2D eigenvalue weighted by molar-refractivity contribution is 6.41. The normalized spacial score (nSPS) is 9.85. The lowest BCUT2D eigenvalue weighted by molar-refractivity contribution is 0.0588. The molecule has 1 aromatic rings. The van der Waals surface area contributed by atoms with Crippen LogP contribution in [0.4, 0.5) is 4.39 Å². The Kier molecular flexibility index (Phi) is 3.06. The van der Waals surface area contributed by atoms with Crippen molar-refractivity contribution in [1.29, 1.82) is 0 Å². The number of rotatable bonds is 1. The molecule has 6 heteroatoms. The Morgan fingerprint density at radius 2 is 2.23 bits per heavy atom. The van der Waals surface area contributed by atoms with Crippen molar-refractivity contribution in [2.24, 2.45) is 0 Å². The predicted molar refractivity (Wildman–Crippen MR) is 45.6 cm³/mol. The Bertz CT molecular complexity index is 357. The van der Waals surface area contributed by atoms with Crippen LogP contribution < -0.4 is 0 Å². The second-order valence-corrected chi connectivity index (χ2v) is 2.85. The molecule has 1 aromatic heterocycles. The van der Waals surface area contributed by atoms with Crippen LogP contribution in [0.25, 0.3) is 0 Å². The molecule has 0 unspecified atom stereocenters. The third-order valence-corrected chi connectivity index (χ3v) is 1.94. The summed E-state index contributed by atoms with van der Waals surface area (Å²) in [6.45, 7) is 0. The van der Waals surface area contributed by atoms with Crippen LogP contribution in [-0.4, -0.2) is 18.1 Å². The molecule has 13 heavy (non-hydrogen) atoms. The number of hydrogen-bond donors (Lipinski definition) is 0. The Hall–Kier alpha value is -0.870. The molecule has 1 heterocycles. The summed E-state index contributed by atoms with van der Waals surface area (Å²) in [5, 5.41) is -0.185. The van der Waals surface area contributed by atoms with Crippen LogP contribution in [0.3, 0.4) is 0 Å². The maximum atomic E-state index is 13.0. The zero-order valence-electron chi connectivity index (χ0n) is 6.47. The van der Waals surface area contributed by atoms with Crippen LogP contribution in [-0.2, 0) is 4.74 Å². The van der Waals surface area contributed by atoms with E-state index in [-0.39, 0.29) is 10.2 Å². The quantitative estimate of drug-likeness (QED) is 0.542. The van der Waals surface area contributed by atoms with E-state index in [0.717, 1.165) is 13.2 Å². The van der Waals surface area contributed by atoms with Gasteiger partial charge in [0.15, 0.2) is 11.5 Å². The minimum absolute atomic E-state index is 0.0492. The first-order valence-corrected chi connectivity index (χ1v) is 3.91. The lowest BCUT2D eigenvalue weighted by Gasteiger charge is -2.01. The van der Waals surface area contributed by atoms with E-state index in [9.17, 15) is 9.18 Å². The number of ether oxygens (including phenoxy) is 1. The highest BCUT2D eigenvalue weighted by Gasteiger charge is 2.16. The third kappa shape index (κ3) is 2.08. The minimum Gasteiger partial charge on any atom is -0.464 e. The van der Waals surface area contributed by atoms with E-state index < -0.39 is 17.5 Å². The average molecular weight is 224 g/mol. The summed E-state index contributed by atoms with van der Waals surface area (Å²) in [5.41, 5.74) is -0.475. The van der Waals surface area contributed by atoms with Crippen LogP contribution >= 0.6 is 23.2 Å². The molecule has 70 valence electrons. The van der Waals surface area contributed by atoms with Crippen molar-refractivity contribution in [3.8, 4) is 0 Å². The van der Waals surface area contributed by atoms with Crippen LogP contribution in [0.15, 0.2) is 6.07 Å². The Labute approximate surface area is 83.4 Å². The molecule has 0 bridgehead atoms. The van der Waals surface area contributed by atoms with Crippen LogP contribution in [0, 0.1) is 5.82 Å². The first-order chi connectivity index (χ1) is 6.06. The Morgan fingerprint density at radius 3 is 2.77 bits per heavy atom. The largest absolute Gasteiger partial charge is 0.464 e. The summed E-state index contributed by atoms with van der Waals surface area (Å²) >= 11 is 10.9. The number of methoxy groups -OCH3 is 1.